The molecule has 0 unspecified atom stereocenters. The quantitative estimate of drug-likeness (QED) is 0.686. The van der Waals surface area contributed by atoms with E-state index in [-0.39, 0.29) is 0 Å². The zero-order valence-electron chi connectivity index (χ0n) is 10.9. The van der Waals surface area contributed by atoms with Gasteiger partial charge in [0, 0.05) is 0 Å². The van der Waals surface area contributed by atoms with Crippen LogP contribution in [0.15, 0.2) is 59.7 Å². The van der Waals surface area contributed by atoms with Crippen molar-refractivity contribution >= 4 is 12.3 Å². The van der Waals surface area contributed by atoms with E-state index < -0.39 is 6.09 Å². The number of ether oxygens (including phenoxy) is 2. The number of hydrogen-bond donors (Lipinski definition) is 1. The number of nitrogens with zero attached hydrogens (tertiary/aromatic N) is 1. The first-order valence-electron chi connectivity index (χ1n) is 5.98. The van der Waals surface area contributed by atoms with Crippen molar-refractivity contribution in [2.75, 3.05) is 7.11 Å². The second-order valence-electron chi connectivity index (χ2n) is 3.85. The number of hydrazone groups is 1. The van der Waals surface area contributed by atoms with Crippen LogP contribution in [0.3, 0.4) is 0 Å². The number of para-hydroxylation sites is 1. The van der Waals surface area contributed by atoms with Crippen LogP contribution in [0.2, 0.25) is 0 Å². The summed E-state index contributed by atoms with van der Waals surface area (Å²) in [5.74, 6) is 1.18. The van der Waals surface area contributed by atoms with Gasteiger partial charge in [-0.3, -0.25) is 0 Å². The Bertz CT molecular complexity index is 597. The summed E-state index contributed by atoms with van der Waals surface area (Å²) in [6.07, 6.45) is 0.866. The molecule has 0 saturated carbocycles. The lowest BCUT2D eigenvalue weighted by atomic mass is 10.2. The molecule has 0 radical (unpaired) electrons. The van der Waals surface area contributed by atoms with E-state index in [9.17, 15) is 4.79 Å². The van der Waals surface area contributed by atoms with Gasteiger partial charge in [-0.1, -0.05) is 30.3 Å². The Kier molecular flexibility index (Phi) is 4.72. The normalized spacial score (nSPS) is 10.2. The van der Waals surface area contributed by atoms with E-state index in [0.717, 1.165) is 11.3 Å². The average Bonchev–Trinajstić information content (AvgIpc) is 2.48. The maximum Gasteiger partial charge on any atom is 0.433 e. The molecular weight excluding hydrogens is 256 g/mol. The van der Waals surface area contributed by atoms with E-state index in [1.54, 1.807) is 37.4 Å². The van der Waals surface area contributed by atoms with Gasteiger partial charge >= 0.3 is 6.09 Å². The molecule has 2 rings (SSSR count). The van der Waals surface area contributed by atoms with E-state index in [2.05, 4.69) is 10.5 Å². The van der Waals surface area contributed by atoms with Crippen LogP contribution in [0.25, 0.3) is 0 Å². The first-order valence-corrected chi connectivity index (χ1v) is 5.98. The molecule has 1 amide bonds. The van der Waals surface area contributed by atoms with Gasteiger partial charge < -0.3 is 9.47 Å². The van der Waals surface area contributed by atoms with E-state index in [1.807, 2.05) is 24.3 Å². The smallest absolute Gasteiger partial charge is 0.433 e. The third-order valence-corrected chi connectivity index (χ3v) is 2.42. The molecule has 5 nitrogen and oxygen atoms in total. The SMILES string of the molecule is COc1cccc(/C=N/NC(=O)Oc2ccccc2)c1. The highest BCUT2D eigenvalue weighted by molar-refractivity contribution is 5.81. The number of amides is 1. The van der Waals surface area contributed by atoms with Crippen LogP contribution >= 0.6 is 0 Å². The van der Waals surface area contributed by atoms with E-state index >= 15 is 0 Å². The summed E-state index contributed by atoms with van der Waals surface area (Å²) in [4.78, 5) is 11.5. The summed E-state index contributed by atoms with van der Waals surface area (Å²) in [6.45, 7) is 0. The van der Waals surface area contributed by atoms with Crippen molar-refractivity contribution < 1.29 is 14.3 Å². The average molecular weight is 270 g/mol. The lowest BCUT2D eigenvalue weighted by molar-refractivity contribution is 0.201. The predicted molar refractivity (Wildman–Crippen MR) is 76.2 cm³/mol. The first-order chi connectivity index (χ1) is 9.78. The Morgan fingerprint density at radius 1 is 1.10 bits per heavy atom. The van der Waals surface area contributed by atoms with Crippen molar-refractivity contribution in [3.63, 3.8) is 0 Å². The molecule has 0 saturated heterocycles. The van der Waals surface area contributed by atoms with E-state index in [0.29, 0.717) is 5.75 Å². The minimum Gasteiger partial charge on any atom is -0.497 e. The third-order valence-electron chi connectivity index (χ3n) is 2.42. The molecule has 0 atom stereocenters. The highest BCUT2D eigenvalue weighted by atomic mass is 16.6. The molecule has 2 aromatic rings. The lowest BCUT2D eigenvalue weighted by Crippen LogP contribution is -2.21. The molecule has 2 aromatic carbocycles. The molecule has 0 heterocycles. The molecule has 20 heavy (non-hydrogen) atoms. The monoisotopic (exact) mass is 270 g/mol. The van der Waals surface area contributed by atoms with Crippen LogP contribution in [-0.2, 0) is 0 Å². The minimum atomic E-state index is -0.643. The molecule has 0 bridgehead atoms. The third kappa shape index (κ3) is 4.13. The summed E-state index contributed by atoms with van der Waals surface area (Å²) < 4.78 is 10.1. The van der Waals surface area contributed by atoms with E-state index in [1.165, 1.54) is 6.21 Å². The lowest BCUT2D eigenvalue weighted by Gasteiger charge is -2.02. The van der Waals surface area contributed by atoms with E-state index in [4.69, 9.17) is 9.47 Å². The Labute approximate surface area is 116 Å². The number of rotatable bonds is 4. The molecule has 5 heteroatoms. The largest absolute Gasteiger partial charge is 0.497 e. The summed E-state index contributed by atoms with van der Waals surface area (Å²) in [6, 6.07) is 16.1. The van der Waals surface area contributed by atoms with Crippen molar-refractivity contribution in [1.82, 2.24) is 5.43 Å². The zero-order valence-corrected chi connectivity index (χ0v) is 10.9. The molecule has 0 fully saturated rings. The number of methoxy groups -OCH3 is 1. The Balaban J connectivity index is 1.88. The Hall–Kier alpha value is -2.82. The van der Waals surface area contributed by atoms with Gasteiger partial charge in [0.15, 0.2) is 0 Å². The van der Waals surface area contributed by atoms with Crippen LogP contribution in [-0.4, -0.2) is 19.4 Å². The molecule has 0 aliphatic carbocycles. The number of carbonyl (C=O) groups is 1. The van der Waals surface area contributed by atoms with Crippen molar-refractivity contribution in [3.05, 3.63) is 60.2 Å². The molecular formula is C15H14N2O3. The summed E-state index contributed by atoms with van der Waals surface area (Å²) in [7, 11) is 1.59. The molecule has 0 aliphatic rings. The zero-order chi connectivity index (χ0) is 14.2. The van der Waals surface area contributed by atoms with Crippen molar-refractivity contribution in [2.24, 2.45) is 5.10 Å². The van der Waals surface area contributed by atoms with Crippen LogP contribution in [0.1, 0.15) is 5.56 Å². The van der Waals surface area contributed by atoms with Gasteiger partial charge in [-0.25, -0.2) is 10.2 Å². The van der Waals surface area contributed by atoms with Crippen LogP contribution in [0.4, 0.5) is 4.79 Å². The van der Waals surface area contributed by atoms with Crippen molar-refractivity contribution in [3.8, 4) is 11.5 Å². The standard InChI is InChI=1S/C15H14N2O3/c1-19-14-9-5-6-12(10-14)11-16-17-15(18)20-13-7-3-2-4-8-13/h2-11H,1H3,(H,17,18)/b16-11+. The van der Waals surface area contributed by atoms with Gasteiger partial charge in [0.2, 0.25) is 0 Å². The number of carbonyl (C=O) groups excluding carboxylic acids is 1. The summed E-state index contributed by atoms with van der Waals surface area (Å²) in [5.41, 5.74) is 3.09. The van der Waals surface area contributed by atoms with Crippen LogP contribution in [0.5, 0.6) is 11.5 Å². The summed E-state index contributed by atoms with van der Waals surface area (Å²) >= 11 is 0. The minimum absolute atomic E-state index is 0.460. The maximum absolute atomic E-state index is 11.5. The Morgan fingerprint density at radius 2 is 1.85 bits per heavy atom. The molecule has 0 aliphatic heterocycles. The highest BCUT2D eigenvalue weighted by Crippen LogP contribution is 2.10. The van der Waals surface area contributed by atoms with Gasteiger partial charge in [-0.15, -0.1) is 0 Å². The second kappa shape index (κ2) is 6.94. The number of hydrogen-bond acceptors (Lipinski definition) is 4. The van der Waals surface area contributed by atoms with Crippen molar-refractivity contribution in [1.29, 1.82) is 0 Å². The van der Waals surface area contributed by atoms with Gasteiger partial charge in [-0.05, 0) is 29.8 Å². The fraction of sp³-hybridized carbons (Fsp3) is 0.0667. The van der Waals surface area contributed by atoms with Gasteiger partial charge in [0.1, 0.15) is 11.5 Å². The molecule has 0 spiro atoms. The molecule has 1 N–H and O–H groups in total. The van der Waals surface area contributed by atoms with Gasteiger partial charge in [-0.2, -0.15) is 5.10 Å². The maximum atomic E-state index is 11.5. The fourth-order valence-corrected chi connectivity index (χ4v) is 1.50. The fourth-order valence-electron chi connectivity index (χ4n) is 1.50. The predicted octanol–water partition coefficient (Wildman–Crippen LogP) is 2.82. The molecule has 0 aromatic heterocycles. The second-order valence-corrected chi connectivity index (χ2v) is 3.85. The van der Waals surface area contributed by atoms with Crippen molar-refractivity contribution in [2.45, 2.75) is 0 Å². The Morgan fingerprint density at radius 3 is 2.60 bits per heavy atom. The topological polar surface area (TPSA) is 59.9 Å². The molecule has 102 valence electrons. The van der Waals surface area contributed by atoms with Crippen LogP contribution < -0.4 is 14.9 Å². The highest BCUT2D eigenvalue weighted by Gasteiger charge is 2.01. The van der Waals surface area contributed by atoms with Crippen LogP contribution in [0, 0.1) is 0 Å². The van der Waals surface area contributed by atoms with Gasteiger partial charge in [0.25, 0.3) is 0 Å². The number of benzene rings is 2. The summed E-state index contributed by atoms with van der Waals surface area (Å²) in [5, 5.41) is 3.81. The number of nitrogens with one attached hydrogen (secondary N) is 1. The van der Waals surface area contributed by atoms with Gasteiger partial charge in [0.05, 0.1) is 13.3 Å². The first kappa shape index (κ1) is 13.6.